The number of nitrogens with one attached hydrogen (secondary N) is 1. The highest BCUT2D eigenvalue weighted by Gasteiger charge is 2.30. The summed E-state index contributed by atoms with van der Waals surface area (Å²) in [5.41, 5.74) is 3.03. The molecule has 30 heavy (non-hydrogen) atoms. The van der Waals surface area contributed by atoms with Gasteiger partial charge in [-0.25, -0.2) is 0 Å². The minimum atomic E-state index is -0.505. The van der Waals surface area contributed by atoms with Crippen LogP contribution in [0.5, 0.6) is 0 Å². The Kier molecular flexibility index (Phi) is 7.63. The summed E-state index contributed by atoms with van der Waals surface area (Å²) in [6, 6.07) is 17.4. The van der Waals surface area contributed by atoms with Crippen molar-refractivity contribution in [3.63, 3.8) is 0 Å². The minimum Gasteiger partial charge on any atom is -0.340 e. The first-order chi connectivity index (χ1) is 14.4. The van der Waals surface area contributed by atoms with Crippen LogP contribution in [0.1, 0.15) is 35.3 Å². The molecule has 2 aromatic carbocycles. The molecular weight excluding hydrogens is 374 g/mol. The lowest BCUT2D eigenvalue weighted by atomic mass is 10.0. The average molecular weight is 408 g/mol. The summed E-state index contributed by atoms with van der Waals surface area (Å²) in [6.45, 7) is 10.1. The third-order valence-electron chi connectivity index (χ3n) is 5.78. The largest absolute Gasteiger partial charge is 0.340 e. The second kappa shape index (κ2) is 10.4. The Hall–Kier alpha value is -2.66. The summed E-state index contributed by atoms with van der Waals surface area (Å²) in [5, 5.41) is 2.96. The first-order valence-electron chi connectivity index (χ1n) is 10.9. The molecule has 0 radical (unpaired) electrons. The maximum Gasteiger partial charge on any atom is 0.251 e. The molecule has 1 aliphatic rings. The third kappa shape index (κ3) is 5.92. The number of carbonyl (C=O) groups is 2. The molecule has 1 fully saturated rings. The summed E-state index contributed by atoms with van der Waals surface area (Å²) in [4.78, 5) is 30.1. The van der Waals surface area contributed by atoms with Crippen LogP contribution in [-0.2, 0) is 11.2 Å². The number of hydrogen-bond donors (Lipinski definition) is 1. The molecule has 1 atom stereocenters. The Labute approximate surface area is 180 Å². The Morgan fingerprint density at radius 2 is 1.57 bits per heavy atom. The molecule has 5 nitrogen and oxygen atoms in total. The summed E-state index contributed by atoms with van der Waals surface area (Å²) < 4.78 is 0. The van der Waals surface area contributed by atoms with E-state index in [0.717, 1.165) is 31.6 Å². The maximum absolute atomic E-state index is 13.1. The van der Waals surface area contributed by atoms with Gasteiger partial charge >= 0.3 is 0 Å². The zero-order chi connectivity index (χ0) is 21.5. The van der Waals surface area contributed by atoms with Crippen LogP contribution >= 0.6 is 0 Å². The van der Waals surface area contributed by atoms with E-state index in [9.17, 15) is 9.59 Å². The maximum atomic E-state index is 13.1. The summed E-state index contributed by atoms with van der Waals surface area (Å²) in [5.74, 6) is -0.139. The van der Waals surface area contributed by atoms with Crippen molar-refractivity contribution in [2.45, 2.75) is 33.2 Å². The van der Waals surface area contributed by atoms with E-state index < -0.39 is 6.04 Å². The second-order valence-corrected chi connectivity index (χ2v) is 8.46. The molecule has 0 aliphatic carbocycles. The Balaban J connectivity index is 1.52. The Morgan fingerprint density at radius 3 is 2.17 bits per heavy atom. The highest BCUT2D eigenvalue weighted by atomic mass is 16.2. The lowest BCUT2D eigenvalue weighted by Crippen LogP contribution is -2.56. The van der Waals surface area contributed by atoms with Gasteiger partial charge < -0.3 is 10.2 Å². The van der Waals surface area contributed by atoms with Gasteiger partial charge in [0.1, 0.15) is 6.04 Å². The fraction of sp³-hybridized carbons (Fsp3) is 0.440. The molecule has 0 unspecified atom stereocenters. The lowest BCUT2D eigenvalue weighted by molar-refractivity contribution is -0.136. The normalized spacial score (nSPS) is 15.8. The molecule has 0 spiro atoms. The van der Waals surface area contributed by atoms with Crippen molar-refractivity contribution < 1.29 is 9.59 Å². The van der Waals surface area contributed by atoms with Crippen molar-refractivity contribution in [3.05, 3.63) is 71.3 Å². The standard InChI is InChI=1S/C25H33N3O2/c1-19(2)23(26-24(29)22-11-9-20(3)10-12-22)25(30)28-17-15-27(16-18-28)14-13-21-7-5-4-6-8-21/h4-12,19,23H,13-18H2,1-3H3,(H,26,29)/t23-/m0/s1. The van der Waals surface area contributed by atoms with Crippen LogP contribution in [0.15, 0.2) is 54.6 Å². The average Bonchev–Trinajstić information content (AvgIpc) is 2.77. The molecule has 0 aromatic heterocycles. The van der Waals surface area contributed by atoms with Crippen LogP contribution in [0.25, 0.3) is 0 Å². The number of benzene rings is 2. The van der Waals surface area contributed by atoms with E-state index in [1.807, 2.05) is 43.9 Å². The van der Waals surface area contributed by atoms with Crippen LogP contribution in [0, 0.1) is 12.8 Å². The highest BCUT2D eigenvalue weighted by molar-refractivity contribution is 5.97. The van der Waals surface area contributed by atoms with E-state index in [-0.39, 0.29) is 17.7 Å². The molecular formula is C25H33N3O2. The van der Waals surface area contributed by atoms with E-state index in [4.69, 9.17) is 0 Å². The molecule has 1 saturated heterocycles. The topological polar surface area (TPSA) is 52.7 Å². The van der Waals surface area contributed by atoms with E-state index in [0.29, 0.717) is 18.7 Å². The van der Waals surface area contributed by atoms with Gasteiger partial charge in [0.15, 0.2) is 0 Å². The smallest absolute Gasteiger partial charge is 0.251 e. The third-order valence-corrected chi connectivity index (χ3v) is 5.78. The van der Waals surface area contributed by atoms with Gasteiger partial charge in [-0.05, 0) is 37.0 Å². The number of amides is 2. The summed E-state index contributed by atoms with van der Waals surface area (Å²) >= 11 is 0. The predicted octanol–water partition coefficient (Wildman–Crippen LogP) is 3.14. The van der Waals surface area contributed by atoms with E-state index >= 15 is 0 Å². The lowest BCUT2D eigenvalue weighted by Gasteiger charge is -2.37. The van der Waals surface area contributed by atoms with Crippen LogP contribution in [0.2, 0.25) is 0 Å². The second-order valence-electron chi connectivity index (χ2n) is 8.46. The molecule has 2 amide bonds. The first kappa shape index (κ1) is 22.0. The van der Waals surface area contributed by atoms with Gasteiger partial charge in [-0.2, -0.15) is 0 Å². The molecule has 3 rings (SSSR count). The van der Waals surface area contributed by atoms with Crippen LogP contribution in [0.4, 0.5) is 0 Å². The molecule has 2 aromatic rings. The monoisotopic (exact) mass is 407 g/mol. The number of rotatable bonds is 7. The summed E-state index contributed by atoms with van der Waals surface area (Å²) in [6.07, 6.45) is 1.02. The highest BCUT2D eigenvalue weighted by Crippen LogP contribution is 2.12. The molecule has 1 aliphatic heterocycles. The molecule has 5 heteroatoms. The van der Waals surface area contributed by atoms with Crippen LogP contribution in [-0.4, -0.2) is 60.4 Å². The fourth-order valence-electron chi connectivity index (χ4n) is 3.76. The molecule has 0 bridgehead atoms. The van der Waals surface area contributed by atoms with Crippen molar-refractivity contribution in [2.24, 2.45) is 5.92 Å². The van der Waals surface area contributed by atoms with Crippen LogP contribution in [0.3, 0.4) is 0 Å². The van der Waals surface area contributed by atoms with E-state index in [1.54, 1.807) is 12.1 Å². The SMILES string of the molecule is Cc1ccc(C(=O)N[C@H](C(=O)N2CCN(CCc3ccccc3)CC2)C(C)C)cc1. The van der Waals surface area contributed by atoms with Crippen molar-refractivity contribution in [1.82, 2.24) is 15.1 Å². The molecule has 1 heterocycles. The Morgan fingerprint density at radius 1 is 0.933 bits per heavy atom. The number of nitrogens with zero attached hydrogens (tertiary/aromatic N) is 2. The first-order valence-corrected chi connectivity index (χ1v) is 10.9. The van der Waals surface area contributed by atoms with Gasteiger partial charge in [0, 0.05) is 38.3 Å². The number of carbonyl (C=O) groups excluding carboxylic acids is 2. The van der Waals surface area contributed by atoms with Gasteiger partial charge in [-0.15, -0.1) is 0 Å². The zero-order valence-electron chi connectivity index (χ0n) is 18.3. The number of piperazine rings is 1. The summed E-state index contributed by atoms with van der Waals surface area (Å²) in [7, 11) is 0. The van der Waals surface area contributed by atoms with Crippen molar-refractivity contribution >= 4 is 11.8 Å². The molecule has 160 valence electrons. The van der Waals surface area contributed by atoms with Crippen LogP contribution < -0.4 is 5.32 Å². The number of hydrogen-bond acceptors (Lipinski definition) is 3. The van der Waals surface area contributed by atoms with Gasteiger partial charge in [-0.1, -0.05) is 61.9 Å². The van der Waals surface area contributed by atoms with Gasteiger partial charge in [0.2, 0.25) is 5.91 Å². The van der Waals surface area contributed by atoms with Gasteiger partial charge in [-0.3, -0.25) is 14.5 Å². The fourth-order valence-corrected chi connectivity index (χ4v) is 3.76. The quantitative estimate of drug-likeness (QED) is 0.767. The van der Waals surface area contributed by atoms with Crippen molar-refractivity contribution in [1.29, 1.82) is 0 Å². The Bertz CT molecular complexity index is 825. The molecule has 0 saturated carbocycles. The zero-order valence-corrected chi connectivity index (χ0v) is 18.3. The number of aryl methyl sites for hydroxylation is 1. The molecule has 1 N–H and O–H groups in total. The van der Waals surface area contributed by atoms with Crippen molar-refractivity contribution in [2.75, 3.05) is 32.7 Å². The van der Waals surface area contributed by atoms with Gasteiger partial charge in [0.05, 0.1) is 0 Å². The minimum absolute atomic E-state index is 0.0215. The predicted molar refractivity (Wildman–Crippen MR) is 120 cm³/mol. The van der Waals surface area contributed by atoms with Gasteiger partial charge in [0.25, 0.3) is 5.91 Å². The van der Waals surface area contributed by atoms with Crippen molar-refractivity contribution in [3.8, 4) is 0 Å². The van der Waals surface area contributed by atoms with E-state index in [1.165, 1.54) is 5.56 Å². The van der Waals surface area contributed by atoms with E-state index in [2.05, 4.69) is 34.5 Å².